The molecule has 0 aromatic heterocycles. The standard InChI is InChI=1S/C13H18O2/c1-3-8-15-13-9-11(13)10-6-4-5-7-12(10)14-2/h4-7,11,13H,3,8-9H2,1-2H3/t11-,13+/m1/s1. The number of methoxy groups -OCH3 is 1. The molecule has 0 saturated heterocycles. The van der Waals surface area contributed by atoms with Crippen LogP contribution in [0.25, 0.3) is 0 Å². The zero-order valence-electron chi connectivity index (χ0n) is 9.40. The first-order valence-electron chi connectivity index (χ1n) is 5.61. The topological polar surface area (TPSA) is 18.5 Å². The highest BCUT2D eigenvalue weighted by atomic mass is 16.5. The molecule has 2 heteroatoms. The molecule has 15 heavy (non-hydrogen) atoms. The third-order valence-electron chi connectivity index (χ3n) is 2.81. The SMILES string of the molecule is CCCO[C@H]1C[C@@H]1c1ccccc1OC. The number of hydrogen-bond acceptors (Lipinski definition) is 2. The average molecular weight is 206 g/mol. The normalized spacial score (nSPS) is 23.9. The third kappa shape index (κ3) is 2.32. The maximum Gasteiger partial charge on any atom is 0.122 e. The molecule has 1 aliphatic carbocycles. The van der Waals surface area contributed by atoms with E-state index in [-0.39, 0.29) is 0 Å². The Hall–Kier alpha value is -1.02. The molecular weight excluding hydrogens is 188 g/mol. The van der Waals surface area contributed by atoms with Crippen molar-refractivity contribution in [2.75, 3.05) is 13.7 Å². The summed E-state index contributed by atoms with van der Waals surface area (Å²) in [5.74, 6) is 1.54. The van der Waals surface area contributed by atoms with Gasteiger partial charge in [-0.1, -0.05) is 25.1 Å². The van der Waals surface area contributed by atoms with Crippen LogP contribution in [-0.2, 0) is 4.74 Å². The molecule has 2 nitrogen and oxygen atoms in total. The highest BCUT2D eigenvalue weighted by Crippen LogP contribution is 2.46. The van der Waals surface area contributed by atoms with Gasteiger partial charge in [-0.2, -0.15) is 0 Å². The maximum absolute atomic E-state index is 5.71. The van der Waals surface area contributed by atoms with Crippen LogP contribution in [0, 0.1) is 0 Å². The lowest BCUT2D eigenvalue weighted by atomic mass is 10.1. The fourth-order valence-corrected chi connectivity index (χ4v) is 1.93. The molecule has 2 atom stereocenters. The van der Waals surface area contributed by atoms with E-state index in [2.05, 4.69) is 19.1 Å². The van der Waals surface area contributed by atoms with E-state index in [1.54, 1.807) is 7.11 Å². The molecule has 0 bridgehead atoms. The Labute approximate surface area is 91.2 Å². The molecular formula is C13H18O2. The number of ether oxygens (including phenoxy) is 2. The highest BCUT2D eigenvalue weighted by molar-refractivity contribution is 5.40. The lowest BCUT2D eigenvalue weighted by Crippen LogP contribution is -1.98. The van der Waals surface area contributed by atoms with Crippen molar-refractivity contribution in [3.8, 4) is 5.75 Å². The Morgan fingerprint density at radius 2 is 2.13 bits per heavy atom. The summed E-state index contributed by atoms with van der Waals surface area (Å²) in [5, 5.41) is 0. The van der Waals surface area contributed by atoms with E-state index in [4.69, 9.17) is 9.47 Å². The fraction of sp³-hybridized carbons (Fsp3) is 0.538. The largest absolute Gasteiger partial charge is 0.496 e. The van der Waals surface area contributed by atoms with Crippen LogP contribution >= 0.6 is 0 Å². The minimum atomic E-state index is 0.418. The fourth-order valence-electron chi connectivity index (χ4n) is 1.93. The average Bonchev–Trinajstić information content (AvgIpc) is 3.05. The van der Waals surface area contributed by atoms with E-state index in [0.717, 1.165) is 25.2 Å². The molecule has 2 rings (SSSR count). The molecule has 0 spiro atoms. The Morgan fingerprint density at radius 1 is 1.33 bits per heavy atom. The van der Waals surface area contributed by atoms with Gasteiger partial charge in [0.1, 0.15) is 5.75 Å². The highest BCUT2D eigenvalue weighted by Gasteiger charge is 2.40. The van der Waals surface area contributed by atoms with Crippen LogP contribution in [0.15, 0.2) is 24.3 Å². The van der Waals surface area contributed by atoms with Gasteiger partial charge in [-0.15, -0.1) is 0 Å². The van der Waals surface area contributed by atoms with Gasteiger partial charge in [-0.25, -0.2) is 0 Å². The summed E-state index contributed by atoms with van der Waals surface area (Å²) in [6.45, 7) is 3.01. The van der Waals surface area contributed by atoms with Gasteiger partial charge in [0, 0.05) is 12.5 Å². The Bertz CT molecular complexity index is 322. The smallest absolute Gasteiger partial charge is 0.122 e. The molecule has 1 aromatic carbocycles. The van der Waals surface area contributed by atoms with Crippen molar-refractivity contribution in [2.24, 2.45) is 0 Å². The van der Waals surface area contributed by atoms with Gasteiger partial charge in [0.25, 0.3) is 0 Å². The molecule has 0 heterocycles. The van der Waals surface area contributed by atoms with Gasteiger partial charge in [0.15, 0.2) is 0 Å². The number of rotatable bonds is 5. The second kappa shape index (κ2) is 4.67. The summed E-state index contributed by atoms with van der Waals surface area (Å²) in [7, 11) is 1.73. The molecule has 0 amide bonds. The Kier molecular flexibility index (Phi) is 3.27. The van der Waals surface area contributed by atoms with Crippen LogP contribution < -0.4 is 4.74 Å². The predicted octanol–water partition coefficient (Wildman–Crippen LogP) is 2.98. The Balaban J connectivity index is 1.99. The van der Waals surface area contributed by atoms with Crippen molar-refractivity contribution in [1.29, 1.82) is 0 Å². The van der Waals surface area contributed by atoms with E-state index < -0.39 is 0 Å². The van der Waals surface area contributed by atoms with Crippen LogP contribution in [0.1, 0.15) is 31.2 Å². The van der Waals surface area contributed by atoms with Gasteiger partial charge in [-0.3, -0.25) is 0 Å². The lowest BCUT2D eigenvalue weighted by molar-refractivity contribution is 0.116. The van der Waals surface area contributed by atoms with Gasteiger partial charge in [0.05, 0.1) is 13.2 Å². The van der Waals surface area contributed by atoms with Crippen LogP contribution in [0.3, 0.4) is 0 Å². The van der Waals surface area contributed by atoms with Gasteiger partial charge in [0.2, 0.25) is 0 Å². The molecule has 0 radical (unpaired) electrons. The van der Waals surface area contributed by atoms with Crippen LogP contribution in [0.4, 0.5) is 0 Å². The van der Waals surface area contributed by atoms with Crippen LogP contribution in [-0.4, -0.2) is 19.8 Å². The molecule has 0 unspecified atom stereocenters. The van der Waals surface area contributed by atoms with Gasteiger partial charge < -0.3 is 9.47 Å². The quantitative estimate of drug-likeness (QED) is 0.737. The molecule has 0 aliphatic heterocycles. The summed E-state index contributed by atoms with van der Waals surface area (Å²) < 4.78 is 11.1. The molecule has 1 aromatic rings. The van der Waals surface area contributed by atoms with Crippen molar-refractivity contribution < 1.29 is 9.47 Å². The predicted molar refractivity (Wildman–Crippen MR) is 60.4 cm³/mol. The zero-order valence-corrected chi connectivity index (χ0v) is 9.40. The summed E-state index contributed by atoms with van der Waals surface area (Å²) in [4.78, 5) is 0. The molecule has 82 valence electrons. The summed E-state index contributed by atoms with van der Waals surface area (Å²) >= 11 is 0. The Morgan fingerprint density at radius 3 is 2.87 bits per heavy atom. The third-order valence-corrected chi connectivity index (χ3v) is 2.81. The van der Waals surface area contributed by atoms with E-state index >= 15 is 0 Å². The molecule has 1 fully saturated rings. The van der Waals surface area contributed by atoms with E-state index in [1.165, 1.54) is 5.56 Å². The van der Waals surface area contributed by atoms with Crippen molar-refractivity contribution in [3.05, 3.63) is 29.8 Å². The van der Waals surface area contributed by atoms with Crippen molar-refractivity contribution in [3.63, 3.8) is 0 Å². The summed E-state index contributed by atoms with van der Waals surface area (Å²) in [5.41, 5.74) is 1.29. The maximum atomic E-state index is 5.71. The minimum Gasteiger partial charge on any atom is -0.496 e. The second-order valence-corrected chi connectivity index (χ2v) is 3.99. The van der Waals surface area contributed by atoms with E-state index in [1.807, 2.05) is 12.1 Å². The van der Waals surface area contributed by atoms with Crippen LogP contribution in [0.5, 0.6) is 5.75 Å². The first-order chi connectivity index (χ1) is 7.36. The van der Waals surface area contributed by atoms with E-state index in [0.29, 0.717) is 12.0 Å². The summed E-state index contributed by atoms with van der Waals surface area (Å²) in [6.07, 6.45) is 2.65. The molecule has 1 saturated carbocycles. The molecule has 1 aliphatic rings. The summed E-state index contributed by atoms with van der Waals surface area (Å²) in [6, 6.07) is 8.23. The zero-order chi connectivity index (χ0) is 10.7. The van der Waals surface area contributed by atoms with Crippen molar-refractivity contribution in [1.82, 2.24) is 0 Å². The monoisotopic (exact) mass is 206 g/mol. The number of hydrogen-bond donors (Lipinski definition) is 0. The van der Waals surface area contributed by atoms with Gasteiger partial charge in [-0.05, 0) is 24.5 Å². The number of para-hydroxylation sites is 1. The van der Waals surface area contributed by atoms with Gasteiger partial charge >= 0.3 is 0 Å². The van der Waals surface area contributed by atoms with Crippen molar-refractivity contribution >= 4 is 0 Å². The molecule has 0 N–H and O–H groups in total. The number of benzene rings is 1. The second-order valence-electron chi connectivity index (χ2n) is 3.99. The lowest BCUT2D eigenvalue weighted by Gasteiger charge is -2.07. The minimum absolute atomic E-state index is 0.418. The van der Waals surface area contributed by atoms with Crippen LogP contribution in [0.2, 0.25) is 0 Å². The van der Waals surface area contributed by atoms with E-state index in [9.17, 15) is 0 Å². The first-order valence-corrected chi connectivity index (χ1v) is 5.61. The first kappa shape index (κ1) is 10.5. The van der Waals surface area contributed by atoms with Crippen molar-refractivity contribution in [2.45, 2.75) is 31.8 Å².